The van der Waals surface area contributed by atoms with Crippen molar-refractivity contribution >= 4 is 5.97 Å². The molecule has 1 aromatic carbocycles. The van der Waals surface area contributed by atoms with Crippen molar-refractivity contribution in [3.8, 4) is 11.7 Å². The van der Waals surface area contributed by atoms with E-state index in [9.17, 15) is 9.18 Å². The van der Waals surface area contributed by atoms with Gasteiger partial charge >= 0.3 is 5.97 Å². The Kier molecular flexibility index (Phi) is 4.24. The third-order valence-corrected chi connectivity index (χ3v) is 3.45. The Bertz CT molecular complexity index is 862. The largest absolute Gasteiger partial charge is 0.478 e. The maximum Gasteiger partial charge on any atom is 0.335 e. The lowest BCUT2D eigenvalue weighted by Gasteiger charge is -2.15. The zero-order valence-corrected chi connectivity index (χ0v) is 12.8. The van der Waals surface area contributed by atoms with Gasteiger partial charge in [0, 0.05) is 12.3 Å². The fourth-order valence-electron chi connectivity index (χ4n) is 2.20. The van der Waals surface area contributed by atoms with E-state index in [1.54, 1.807) is 18.2 Å². The standard InChI is InChI=1S/C17H14FN3O3/c1-11(12-2-4-14(18)5-3-12)24-16-7-9-20-21(16)15-10-13(17(22)23)6-8-19-15/h2-11H,1H3,(H,22,23)/t11-/m1/s1. The Hall–Kier alpha value is -3.22. The second-order valence-electron chi connectivity index (χ2n) is 5.10. The molecule has 7 heteroatoms. The van der Waals surface area contributed by atoms with Gasteiger partial charge in [-0.1, -0.05) is 12.1 Å². The van der Waals surface area contributed by atoms with Crippen molar-refractivity contribution in [1.29, 1.82) is 0 Å². The molecule has 0 amide bonds. The predicted molar refractivity (Wildman–Crippen MR) is 83.8 cm³/mol. The number of pyridine rings is 1. The molecule has 0 aliphatic carbocycles. The van der Waals surface area contributed by atoms with Gasteiger partial charge in [0.15, 0.2) is 5.82 Å². The summed E-state index contributed by atoms with van der Waals surface area (Å²) >= 11 is 0. The van der Waals surface area contributed by atoms with Crippen LogP contribution in [0.25, 0.3) is 5.82 Å². The average molecular weight is 327 g/mol. The van der Waals surface area contributed by atoms with Gasteiger partial charge < -0.3 is 9.84 Å². The highest BCUT2D eigenvalue weighted by Gasteiger charge is 2.14. The molecule has 1 N–H and O–H groups in total. The molecule has 0 aliphatic heterocycles. The molecule has 3 aromatic rings. The molecule has 2 heterocycles. The van der Waals surface area contributed by atoms with Crippen molar-refractivity contribution < 1.29 is 19.0 Å². The second-order valence-corrected chi connectivity index (χ2v) is 5.10. The van der Waals surface area contributed by atoms with Crippen molar-refractivity contribution in [2.24, 2.45) is 0 Å². The van der Waals surface area contributed by atoms with Gasteiger partial charge in [0.2, 0.25) is 5.88 Å². The highest BCUT2D eigenvalue weighted by molar-refractivity contribution is 5.87. The molecule has 0 bridgehead atoms. The summed E-state index contributed by atoms with van der Waals surface area (Å²) in [6.45, 7) is 1.83. The summed E-state index contributed by atoms with van der Waals surface area (Å²) in [6.07, 6.45) is 2.58. The molecule has 24 heavy (non-hydrogen) atoms. The summed E-state index contributed by atoms with van der Waals surface area (Å²) in [7, 11) is 0. The van der Waals surface area contributed by atoms with Gasteiger partial charge in [0.25, 0.3) is 0 Å². The number of hydrogen-bond acceptors (Lipinski definition) is 4. The maximum absolute atomic E-state index is 13.0. The molecule has 0 saturated heterocycles. The fourth-order valence-corrected chi connectivity index (χ4v) is 2.20. The highest BCUT2D eigenvalue weighted by atomic mass is 19.1. The van der Waals surface area contributed by atoms with Crippen LogP contribution in [0.3, 0.4) is 0 Å². The number of ether oxygens (including phenoxy) is 1. The van der Waals surface area contributed by atoms with Crippen LogP contribution in [0.2, 0.25) is 0 Å². The average Bonchev–Trinajstić information content (AvgIpc) is 3.03. The summed E-state index contributed by atoms with van der Waals surface area (Å²) < 4.78 is 20.3. The minimum Gasteiger partial charge on any atom is -0.478 e. The third kappa shape index (κ3) is 3.24. The maximum atomic E-state index is 13.0. The van der Waals surface area contributed by atoms with Crippen molar-refractivity contribution in [2.75, 3.05) is 0 Å². The van der Waals surface area contributed by atoms with Gasteiger partial charge in [-0.3, -0.25) is 0 Å². The van der Waals surface area contributed by atoms with Crippen LogP contribution in [0.15, 0.2) is 54.9 Å². The van der Waals surface area contributed by atoms with Crippen LogP contribution in [0.4, 0.5) is 4.39 Å². The van der Waals surface area contributed by atoms with Crippen LogP contribution >= 0.6 is 0 Å². The predicted octanol–water partition coefficient (Wildman–Crippen LogP) is 3.24. The molecule has 0 radical (unpaired) electrons. The van der Waals surface area contributed by atoms with Crippen LogP contribution in [-0.2, 0) is 0 Å². The zero-order chi connectivity index (χ0) is 17.1. The Morgan fingerprint density at radius 3 is 2.67 bits per heavy atom. The summed E-state index contributed by atoms with van der Waals surface area (Å²) in [4.78, 5) is 15.2. The molecule has 0 spiro atoms. The van der Waals surface area contributed by atoms with E-state index < -0.39 is 5.97 Å². The van der Waals surface area contributed by atoms with Gasteiger partial charge in [-0.2, -0.15) is 9.78 Å². The van der Waals surface area contributed by atoms with E-state index in [0.717, 1.165) is 5.56 Å². The number of aromatic nitrogens is 3. The normalized spacial score (nSPS) is 11.9. The molecule has 0 aliphatic rings. The lowest BCUT2D eigenvalue weighted by atomic mass is 10.1. The molecular formula is C17H14FN3O3. The first kappa shape index (κ1) is 15.7. The fraction of sp³-hybridized carbons (Fsp3) is 0.118. The molecule has 6 nitrogen and oxygen atoms in total. The Morgan fingerprint density at radius 2 is 1.96 bits per heavy atom. The van der Waals surface area contributed by atoms with Crippen LogP contribution in [0.5, 0.6) is 5.88 Å². The molecule has 3 rings (SSSR count). The molecule has 122 valence electrons. The number of aromatic carboxylic acids is 1. The first-order valence-corrected chi connectivity index (χ1v) is 7.20. The second kappa shape index (κ2) is 6.49. The zero-order valence-electron chi connectivity index (χ0n) is 12.8. The van der Waals surface area contributed by atoms with Crippen molar-refractivity contribution in [3.05, 3.63) is 71.8 Å². The Labute approximate surface area is 137 Å². The van der Waals surface area contributed by atoms with E-state index in [1.807, 2.05) is 6.92 Å². The molecule has 1 atom stereocenters. The molecule has 2 aromatic heterocycles. The topological polar surface area (TPSA) is 77.2 Å². The van der Waals surface area contributed by atoms with Crippen LogP contribution < -0.4 is 4.74 Å². The smallest absolute Gasteiger partial charge is 0.335 e. The third-order valence-electron chi connectivity index (χ3n) is 3.45. The number of hydrogen-bond donors (Lipinski definition) is 1. The number of carboxylic acid groups (broad SMARTS) is 1. The molecule has 0 fully saturated rings. The lowest BCUT2D eigenvalue weighted by molar-refractivity contribution is 0.0696. The van der Waals surface area contributed by atoms with Crippen molar-refractivity contribution in [1.82, 2.24) is 14.8 Å². The van der Waals surface area contributed by atoms with Gasteiger partial charge in [-0.15, -0.1) is 0 Å². The van der Waals surface area contributed by atoms with Crippen molar-refractivity contribution in [3.63, 3.8) is 0 Å². The van der Waals surface area contributed by atoms with E-state index in [4.69, 9.17) is 9.84 Å². The molecule has 0 unspecified atom stereocenters. The number of halogens is 1. The SMILES string of the molecule is C[C@@H](Oc1ccnn1-c1cc(C(=O)O)ccn1)c1ccc(F)cc1. The first-order chi connectivity index (χ1) is 11.5. The van der Waals surface area contributed by atoms with E-state index in [2.05, 4.69) is 10.1 Å². The van der Waals surface area contributed by atoms with Gasteiger partial charge in [-0.25, -0.2) is 14.2 Å². The quantitative estimate of drug-likeness (QED) is 0.778. The first-order valence-electron chi connectivity index (χ1n) is 7.20. The van der Waals surface area contributed by atoms with Crippen LogP contribution in [-0.4, -0.2) is 25.8 Å². The van der Waals surface area contributed by atoms with Crippen molar-refractivity contribution in [2.45, 2.75) is 13.0 Å². The van der Waals surface area contributed by atoms with E-state index >= 15 is 0 Å². The number of benzene rings is 1. The van der Waals surface area contributed by atoms with E-state index in [0.29, 0.717) is 11.7 Å². The number of nitrogens with zero attached hydrogens (tertiary/aromatic N) is 3. The number of rotatable bonds is 5. The summed E-state index contributed by atoms with van der Waals surface area (Å²) in [6, 6.07) is 10.5. The van der Waals surface area contributed by atoms with Crippen LogP contribution in [0, 0.1) is 5.82 Å². The van der Waals surface area contributed by atoms with Gasteiger partial charge in [-0.05, 0) is 36.8 Å². The molecule has 0 saturated carbocycles. The van der Waals surface area contributed by atoms with Crippen LogP contribution in [0.1, 0.15) is 28.9 Å². The van der Waals surface area contributed by atoms with E-state index in [-0.39, 0.29) is 17.5 Å². The number of carbonyl (C=O) groups is 1. The number of carboxylic acids is 1. The minimum absolute atomic E-state index is 0.105. The Morgan fingerprint density at radius 1 is 1.21 bits per heavy atom. The summed E-state index contributed by atoms with van der Waals surface area (Å²) in [5, 5.41) is 13.2. The summed E-state index contributed by atoms with van der Waals surface area (Å²) in [5.41, 5.74) is 0.907. The lowest BCUT2D eigenvalue weighted by Crippen LogP contribution is -2.09. The van der Waals surface area contributed by atoms with E-state index in [1.165, 1.54) is 41.3 Å². The highest BCUT2D eigenvalue weighted by Crippen LogP contribution is 2.23. The monoisotopic (exact) mass is 327 g/mol. The summed E-state index contributed by atoms with van der Waals surface area (Å²) in [5.74, 6) is -0.623. The molecular weight excluding hydrogens is 313 g/mol. The van der Waals surface area contributed by atoms with Gasteiger partial charge in [0.1, 0.15) is 11.9 Å². The minimum atomic E-state index is -1.05. The Balaban J connectivity index is 1.86. The van der Waals surface area contributed by atoms with Gasteiger partial charge in [0.05, 0.1) is 11.8 Å².